The van der Waals surface area contributed by atoms with Crippen molar-refractivity contribution in [1.82, 2.24) is 0 Å². The molecule has 20 heavy (non-hydrogen) atoms. The van der Waals surface area contributed by atoms with Crippen LogP contribution in [0.1, 0.15) is 11.1 Å². The molecule has 3 nitrogen and oxygen atoms in total. The SMILES string of the molecule is O=C1C=Cc2ccccc2/C1=C/N(O)c1ccccc1. The Morgan fingerprint density at radius 2 is 1.60 bits per heavy atom. The second kappa shape index (κ2) is 5.15. The van der Waals surface area contributed by atoms with Gasteiger partial charge in [0.2, 0.25) is 0 Å². The molecule has 1 aliphatic carbocycles. The minimum atomic E-state index is -0.112. The molecular formula is C17H13NO2. The molecule has 1 aliphatic rings. The summed E-state index contributed by atoms with van der Waals surface area (Å²) >= 11 is 0. The zero-order valence-corrected chi connectivity index (χ0v) is 10.7. The predicted molar refractivity (Wildman–Crippen MR) is 79.2 cm³/mol. The van der Waals surface area contributed by atoms with Gasteiger partial charge in [-0.25, -0.2) is 5.06 Å². The molecule has 0 bridgehead atoms. The standard InChI is InChI=1S/C17H13NO2/c19-17-11-10-13-6-4-5-9-15(13)16(17)12-18(20)14-7-2-1-3-8-14/h1-12,20H/b16-12-. The van der Waals surface area contributed by atoms with Crippen LogP contribution in [0, 0.1) is 0 Å². The maximum Gasteiger partial charge on any atom is 0.188 e. The van der Waals surface area contributed by atoms with Crippen molar-refractivity contribution in [2.75, 3.05) is 5.06 Å². The van der Waals surface area contributed by atoms with E-state index in [1.165, 1.54) is 12.3 Å². The summed E-state index contributed by atoms with van der Waals surface area (Å²) in [5.74, 6) is -0.112. The van der Waals surface area contributed by atoms with Gasteiger partial charge in [-0.2, -0.15) is 0 Å². The first-order valence-electron chi connectivity index (χ1n) is 6.32. The Hall–Kier alpha value is -2.65. The number of allylic oxidation sites excluding steroid dienone is 2. The van der Waals surface area contributed by atoms with Crippen molar-refractivity contribution in [3.8, 4) is 0 Å². The number of hydroxylamine groups is 1. The van der Waals surface area contributed by atoms with E-state index >= 15 is 0 Å². The van der Waals surface area contributed by atoms with E-state index in [1.807, 2.05) is 42.5 Å². The van der Waals surface area contributed by atoms with Crippen LogP contribution < -0.4 is 5.06 Å². The number of ketones is 1. The van der Waals surface area contributed by atoms with Crippen LogP contribution >= 0.6 is 0 Å². The summed E-state index contributed by atoms with van der Waals surface area (Å²) in [5, 5.41) is 11.1. The zero-order chi connectivity index (χ0) is 13.9. The third kappa shape index (κ3) is 2.27. The van der Waals surface area contributed by atoms with Crippen molar-refractivity contribution in [2.45, 2.75) is 0 Å². The summed E-state index contributed by atoms with van der Waals surface area (Å²) in [7, 11) is 0. The van der Waals surface area contributed by atoms with Gasteiger partial charge in [0, 0.05) is 11.8 Å². The summed E-state index contributed by atoms with van der Waals surface area (Å²) in [4.78, 5) is 12.0. The van der Waals surface area contributed by atoms with E-state index in [4.69, 9.17) is 0 Å². The molecule has 0 fully saturated rings. The lowest BCUT2D eigenvalue weighted by atomic mass is 9.92. The molecule has 0 atom stereocenters. The number of anilines is 1. The van der Waals surface area contributed by atoms with Crippen LogP contribution in [0.25, 0.3) is 11.6 Å². The Labute approximate surface area is 117 Å². The van der Waals surface area contributed by atoms with Gasteiger partial charge in [0.25, 0.3) is 0 Å². The molecular weight excluding hydrogens is 250 g/mol. The molecule has 2 aromatic rings. The number of benzene rings is 2. The largest absolute Gasteiger partial charge is 0.289 e. The molecule has 3 rings (SSSR count). The summed E-state index contributed by atoms with van der Waals surface area (Å²) < 4.78 is 0. The van der Waals surface area contributed by atoms with E-state index in [-0.39, 0.29) is 5.78 Å². The van der Waals surface area contributed by atoms with Crippen molar-refractivity contribution in [3.63, 3.8) is 0 Å². The molecule has 1 N–H and O–H groups in total. The van der Waals surface area contributed by atoms with Crippen LogP contribution in [0.5, 0.6) is 0 Å². The minimum absolute atomic E-state index is 0.112. The van der Waals surface area contributed by atoms with Crippen LogP contribution in [-0.2, 0) is 4.79 Å². The Morgan fingerprint density at radius 1 is 0.900 bits per heavy atom. The number of carbonyl (C=O) groups is 1. The molecule has 0 saturated carbocycles. The van der Waals surface area contributed by atoms with Gasteiger partial charge in [0.05, 0.1) is 5.69 Å². The van der Waals surface area contributed by atoms with E-state index in [0.717, 1.165) is 16.2 Å². The van der Waals surface area contributed by atoms with Crippen LogP contribution in [0.4, 0.5) is 5.69 Å². The van der Waals surface area contributed by atoms with Crippen molar-refractivity contribution in [1.29, 1.82) is 0 Å². The minimum Gasteiger partial charge on any atom is -0.289 e. The second-order valence-corrected chi connectivity index (χ2v) is 4.51. The van der Waals surface area contributed by atoms with Gasteiger partial charge in [-0.15, -0.1) is 0 Å². The quantitative estimate of drug-likeness (QED) is 0.665. The lowest BCUT2D eigenvalue weighted by Crippen LogP contribution is -2.14. The van der Waals surface area contributed by atoms with Gasteiger partial charge in [-0.1, -0.05) is 48.5 Å². The number of hydrogen-bond acceptors (Lipinski definition) is 3. The van der Waals surface area contributed by atoms with Crippen LogP contribution in [0.2, 0.25) is 0 Å². The van der Waals surface area contributed by atoms with E-state index in [2.05, 4.69) is 0 Å². The van der Waals surface area contributed by atoms with E-state index in [1.54, 1.807) is 18.2 Å². The number of rotatable bonds is 2. The normalized spacial score (nSPS) is 15.2. The molecule has 3 heteroatoms. The summed E-state index contributed by atoms with van der Waals surface area (Å²) in [5.41, 5.74) is 2.89. The van der Waals surface area contributed by atoms with E-state index < -0.39 is 0 Å². The summed E-state index contributed by atoms with van der Waals surface area (Å²) in [6.07, 6.45) is 4.77. The summed E-state index contributed by atoms with van der Waals surface area (Å²) in [6, 6.07) is 16.7. The van der Waals surface area contributed by atoms with E-state index in [0.29, 0.717) is 11.3 Å². The maximum atomic E-state index is 12.0. The Kier molecular flexibility index (Phi) is 3.19. The number of carbonyl (C=O) groups excluding carboxylic acids is 1. The smallest absolute Gasteiger partial charge is 0.188 e. The highest BCUT2D eigenvalue weighted by Crippen LogP contribution is 2.27. The molecule has 0 spiro atoms. The number of fused-ring (bicyclic) bond motifs is 1. The van der Waals surface area contributed by atoms with Gasteiger partial charge < -0.3 is 0 Å². The van der Waals surface area contributed by atoms with Crippen LogP contribution in [0.3, 0.4) is 0 Å². The molecule has 0 radical (unpaired) electrons. The van der Waals surface area contributed by atoms with Gasteiger partial charge in [0.1, 0.15) is 0 Å². The average molecular weight is 263 g/mol. The van der Waals surface area contributed by atoms with Gasteiger partial charge in [0.15, 0.2) is 5.78 Å². The summed E-state index contributed by atoms with van der Waals surface area (Å²) in [6.45, 7) is 0. The zero-order valence-electron chi connectivity index (χ0n) is 10.7. The monoisotopic (exact) mass is 263 g/mol. The number of hydrogen-bond donors (Lipinski definition) is 1. The average Bonchev–Trinajstić information content (AvgIpc) is 2.51. The van der Waals surface area contributed by atoms with Crippen molar-refractivity contribution in [3.05, 3.63) is 78.0 Å². The topological polar surface area (TPSA) is 40.5 Å². The van der Waals surface area contributed by atoms with Crippen molar-refractivity contribution in [2.24, 2.45) is 0 Å². The molecule has 0 aromatic heterocycles. The maximum absolute atomic E-state index is 12.0. The Balaban J connectivity index is 2.03. The molecule has 0 unspecified atom stereocenters. The molecule has 2 aromatic carbocycles. The number of para-hydroxylation sites is 1. The first kappa shape index (κ1) is 12.4. The lowest BCUT2D eigenvalue weighted by Gasteiger charge is -2.17. The molecule has 98 valence electrons. The number of nitrogens with zero attached hydrogens (tertiary/aromatic N) is 1. The van der Waals surface area contributed by atoms with Crippen molar-refractivity contribution < 1.29 is 10.0 Å². The highest BCUT2D eigenvalue weighted by molar-refractivity contribution is 6.30. The fraction of sp³-hybridized carbons (Fsp3) is 0. The molecule has 0 heterocycles. The lowest BCUT2D eigenvalue weighted by molar-refractivity contribution is -0.109. The molecule has 0 saturated heterocycles. The fourth-order valence-electron chi connectivity index (χ4n) is 2.19. The molecule has 0 amide bonds. The predicted octanol–water partition coefficient (Wildman–Crippen LogP) is 3.52. The highest BCUT2D eigenvalue weighted by atomic mass is 16.5. The van der Waals surface area contributed by atoms with Crippen LogP contribution in [-0.4, -0.2) is 11.0 Å². The first-order valence-corrected chi connectivity index (χ1v) is 6.32. The third-order valence-corrected chi connectivity index (χ3v) is 3.20. The van der Waals surface area contributed by atoms with Gasteiger partial charge >= 0.3 is 0 Å². The van der Waals surface area contributed by atoms with E-state index in [9.17, 15) is 10.0 Å². The Bertz CT molecular complexity index is 702. The third-order valence-electron chi connectivity index (χ3n) is 3.20. The van der Waals surface area contributed by atoms with Crippen LogP contribution in [0.15, 0.2) is 66.9 Å². The second-order valence-electron chi connectivity index (χ2n) is 4.51. The van der Waals surface area contributed by atoms with Crippen molar-refractivity contribution >= 4 is 23.1 Å². The van der Waals surface area contributed by atoms with Gasteiger partial charge in [-0.05, 0) is 29.3 Å². The molecule has 0 aliphatic heterocycles. The fourth-order valence-corrected chi connectivity index (χ4v) is 2.19. The highest BCUT2D eigenvalue weighted by Gasteiger charge is 2.17. The Morgan fingerprint density at radius 3 is 2.40 bits per heavy atom. The first-order chi connectivity index (χ1) is 9.75. The van der Waals surface area contributed by atoms with Gasteiger partial charge in [-0.3, -0.25) is 10.0 Å².